The van der Waals surface area contributed by atoms with Crippen molar-refractivity contribution >= 4 is 28.0 Å². The van der Waals surface area contributed by atoms with Crippen molar-refractivity contribution in [2.45, 2.75) is 45.4 Å². The first-order valence-electron chi connectivity index (χ1n) is 9.76. The van der Waals surface area contributed by atoms with E-state index in [1.54, 1.807) is 20.8 Å². The molecule has 6 nitrogen and oxygen atoms in total. The van der Waals surface area contributed by atoms with Crippen LogP contribution in [0.4, 0.5) is 4.79 Å². The third-order valence-electron chi connectivity index (χ3n) is 4.75. The Morgan fingerprint density at radius 2 is 1.90 bits per heavy atom. The summed E-state index contributed by atoms with van der Waals surface area (Å²) in [6, 6.07) is 12.6. The van der Waals surface area contributed by atoms with Gasteiger partial charge in [0.2, 0.25) is 0 Å². The van der Waals surface area contributed by atoms with Gasteiger partial charge in [0.05, 0.1) is 7.11 Å². The zero-order valence-corrected chi connectivity index (χ0v) is 19.2. The van der Waals surface area contributed by atoms with E-state index in [4.69, 9.17) is 14.2 Å². The van der Waals surface area contributed by atoms with Crippen LogP contribution in [-0.2, 0) is 27.3 Å². The Morgan fingerprint density at radius 1 is 1.17 bits per heavy atom. The van der Waals surface area contributed by atoms with E-state index in [1.165, 1.54) is 12.0 Å². The monoisotopic (exact) mass is 475 g/mol. The molecule has 1 aliphatic rings. The van der Waals surface area contributed by atoms with Gasteiger partial charge < -0.3 is 14.2 Å². The van der Waals surface area contributed by atoms with Crippen molar-refractivity contribution < 1.29 is 23.8 Å². The molecule has 0 saturated heterocycles. The maximum absolute atomic E-state index is 12.7. The molecule has 0 aromatic heterocycles. The summed E-state index contributed by atoms with van der Waals surface area (Å²) in [4.78, 5) is 26.6. The quantitative estimate of drug-likeness (QED) is 0.579. The SMILES string of the molecule is COC(=O)[C@H]1c2ccc(OCc3ccccc3Br)cc2CCN1C(=O)OC(C)(C)C. The van der Waals surface area contributed by atoms with Crippen molar-refractivity contribution in [1.29, 1.82) is 0 Å². The highest BCUT2D eigenvalue weighted by molar-refractivity contribution is 9.10. The molecule has 0 unspecified atom stereocenters. The zero-order valence-electron chi connectivity index (χ0n) is 17.6. The highest BCUT2D eigenvalue weighted by atomic mass is 79.9. The van der Waals surface area contributed by atoms with E-state index in [-0.39, 0.29) is 0 Å². The van der Waals surface area contributed by atoms with Crippen LogP contribution in [0.3, 0.4) is 0 Å². The molecule has 160 valence electrons. The number of nitrogens with zero attached hydrogens (tertiary/aromatic N) is 1. The number of hydrogen-bond acceptors (Lipinski definition) is 5. The molecule has 0 bridgehead atoms. The second kappa shape index (κ2) is 9.08. The minimum Gasteiger partial charge on any atom is -0.489 e. The number of fused-ring (bicyclic) bond motifs is 1. The molecule has 2 aromatic carbocycles. The van der Waals surface area contributed by atoms with Crippen LogP contribution in [-0.4, -0.2) is 36.2 Å². The van der Waals surface area contributed by atoms with Crippen molar-refractivity contribution in [3.8, 4) is 5.75 Å². The standard InChI is InChI=1S/C23H26BrNO5/c1-23(2,3)30-22(27)25-12-11-15-13-17(9-10-18(15)20(25)21(26)28-4)29-14-16-7-5-6-8-19(16)24/h5-10,13,20H,11-12,14H2,1-4H3/t20-/m1/s1. The summed E-state index contributed by atoms with van der Waals surface area (Å²) < 4.78 is 17.4. The minimum absolute atomic E-state index is 0.357. The Kier molecular flexibility index (Phi) is 6.71. The molecule has 1 aliphatic heterocycles. The van der Waals surface area contributed by atoms with Crippen molar-refractivity contribution in [1.82, 2.24) is 4.90 Å². The fourth-order valence-corrected chi connectivity index (χ4v) is 3.75. The number of methoxy groups -OCH3 is 1. The molecule has 0 fully saturated rings. The normalized spacial score (nSPS) is 15.9. The van der Waals surface area contributed by atoms with Crippen LogP contribution in [0.25, 0.3) is 0 Å². The predicted molar refractivity (Wildman–Crippen MR) is 116 cm³/mol. The highest BCUT2D eigenvalue weighted by Gasteiger charge is 2.39. The average molecular weight is 476 g/mol. The van der Waals surface area contributed by atoms with Gasteiger partial charge >= 0.3 is 12.1 Å². The number of rotatable bonds is 4. The molecular weight excluding hydrogens is 450 g/mol. The van der Waals surface area contributed by atoms with Gasteiger partial charge in [0.1, 0.15) is 18.0 Å². The van der Waals surface area contributed by atoms with E-state index in [0.29, 0.717) is 25.3 Å². The molecule has 0 radical (unpaired) electrons. The minimum atomic E-state index is -0.842. The Bertz CT molecular complexity index is 937. The van der Waals surface area contributed by atoms with Gasteiger partial charge in [-0.2, -0.15) is 0 Å². The second-order valence-corrected chi connectivity index (χ2v) is 8.94. The van der Waals surface area contributed by atoms with Gasteiger partial charge in [-0.15, -0.1) is 0 Å². The largest absolute Gasteiger partial charge is 0.489 e. The highest BCUT2D eigenvalue weighted by Crippen LogP contribution is 2.34. The van der Waals surface area contributed by atoms with Gasteiger partial charge in [0.25, 0.3) is 0 Å². The van der Waals surface area contributed by atoms with Crippen LogP contribution in [0.2, 0.25) is 0 Å². The zero-order chi connectivity index (χ0) is 21.9. The number of ether oxygens (including phenoxy) is 3. The number of halogens is 1. The third kappa shape index (κ3) is 5.14. The first-order valence-corrected chi connectivity index (χ1v) is 10.6. The lowest BCUT2D eigenvalue weighted by Crippen LogP contribution is -2.46. The van der Waals surface area contributed by atoms with Gasteiger partial charge in [-0.25, -0.2) is 9.59 Å². The van der Waals surface area contributed by atoms with Crippen molar-refractivity contribution in [2.24, 2.45) is 0 Å². The Labute approximate surface area is 185 Å². The molecule has 1 heterocycles. The van der Waals surface area contributed by atoms with E-state index in [0.717, 1.165) is 21.2 Å². The summed E-state index contributed by atoms with van der Waals surface area (Å²) >= 11 is 3.52. The molecule has 30 heavy (non-hydrogen) atoms. The summed E-state index contributed by atoms with van der Waals surface area (Å²) in [5.74, 6) is 0.211. The van der Waals surface area contributed by atoms with Gasteiger partial charge in [-0.05, 0) is 56.5 Å². The van der Waals surface area contributed by atoms with Gasteiger partial charge in [-0.1, -0.05) is 40.2 Å². The van der Waals surface area contributed by atoms with Crippen LogP contribution in [0.5, 0.6) is 5.75 Å². The summed E-state index contributed by atoms with van der Waals surface area (Å²) in [6.45, 7) is 6.17. The van der Waals surface area contributed by atoms with Crippen LogP contribution >= 0.6 is 15.9 Å². The molecule has 1 atom stereocenters. The first kappa shape index (κ1) is 22.2. The second-order valence-electron chi connectivity index (χ2n) is 8.09. The third-order valence-corrected chi connectivity index (χ3v) is 5.52. The summed E-state index contributed by atoms with van der Waals surface area (Å²) in [5, 5.41) is 0. The smallest absolute Gasteiger partial charge is 0.411 e. The van der Waals surface area contributed by atoms with Gasteiger partial charge in [0, 0.05) is 16.6 Å². The van der Waals surface area contributed by atoms with Crippen LogP contribution in [0, 0.1) is 0 Å². The summed E-state index contributed by atoms with van der Waals surface area (Å²) in [5.41, 5.74) is 2.07. The van der Waals surface area contributed by atoms with Gasteiger partial charge in [0.15, 0.2) is 6.04 Å². The summed E-state index contributed by atoms with van der Waals surface area (Å²) in [6.07, 6.45) is 0.0618. The van der Waals surface area contributed by atoms with E-state index in [9.17, 15) is 9.59 Å². The Hall–Kier alpha value is -2.54. The first-order chi connectivity index (χ1) is 14.2. The number of amides is 1. The van der Waals surface area contributed by atoms with Crippen LogP contribution in [0.1, 0.15) is 43.5 Å². The predicted octanol–water partition coefficient (Wildman–Crippen LogP) is 5.04. The topological polar surface area (TPSA) is 65.1 Å². The van der Waals surface area contributed by atoms with E-state index >= 15 is 0 Å². The number of carbonyl (C=O) groups is 2. The molecule has 0 N–H and O–H groups in total. The lowest BCUT2D eigenvalue weighted by atomic mass is 9.92. The Balaban J connectivity index is 1.82. The molecule has 3 rings (SSSR count). The van der Waals surface area contributed by atoms with Crippen molar-refractivity contribution in [2.75, 3.05) is 13.7 Å². The van der Waals surface area contributed by atoms with Crippen LogP contribution in [0.15, 0.2) is 46.9 Å². The van der Waals surface area contributed by atoms with Crippen molar-refractivity contribution in [3.05, 3.63) is 63.6 Å². The van der Waals surface area contributed by atoms with Crippen LogP contribution < -0.4 is 4.74 Å². The molecule has 1 amide bonds. The van der Waals surface area contributed by atoms with E-state index < -0.39 is 23.7 Å². The number of benzene rings is 2. The van der Waals surface area contributed by atoms with E-state index in [1.807, 2.05) is 42.5 Å². The fraction of sp³-hybridized carbons (Fsp3) is 0.391. The van der Waals surface area contributed by atoms with Gasteiger partial charge in [-0.3, -0.25) is 4.90 Å². The number of hydrogen-bond donors (Lipinski definition) is 0. The lowest BCUT2D eigenvalue weighted by molar-refractivity contribution is -0.147. The lowest BCUT2D eigenvalue weighted by Gasteiger charge is -2.36. The molecule has 0 spiro atoms. The number of esters is 1. The molecule has 2 aromatic rings. The maximum Gasteiger partial charge on any atom is 0.411 e. The summed E-state index contributed by atoms with van der Waals surface area (Å²) in [7, 11) is 1.32. The molecule has 0 saturated carbocycles. The molecule has 0 aliphatic carbocycles. The maximum atomic E-state index is 12.7. The average Bonchev–Trinajstić information content (AvgIpc) is 2.70. The Morgan fingerprint density at radius 3 is 2.57 bits per heavy atom. The molecule has 7 heteroatoms. The molecular formula is C23H26BrNO5. The fourth-order valence-electron chi connectivity index (χ4n) is 3.35. The number of carbonyl (C=O) groups excluding carboxylic acids is 2. The van der Waals surface area contributed by atoms with E-state index in [2.05, 4.69) is 15.9 Å². The van der Waals surface area contributed by atoms with Crippen molar-refractivity contribution in [3.63, 3.8) is 0 Å².